The van der Waals surface area contributed by atoms with Crippen LogP contribution in [0.1, 0.15) is 19.4 Å². The predicted octanol–water partition coefficient (Wildman–Crippen LogP) is 1.58. The van der Waals surface area contributed by atoms with Crippen LogP contribution in [0.15, 0.2) is 6.20 Å². The van der Waals surface area contributed by atoms with Crippen LogP contribution in [0.5, 0.6) is 0 Å². The van der Waals surface area contributed by atoms with Gasteiger partial charge in [0.25, 0.3) is 0 Å². The van der Waals surface area contributed by atoms with Gasteiger partial charge in [0.15, 0.2) is 0 Å². The lowest BCUT2D eigenvalue weighted by molar-refractivity contribution is 0.284. The van der Waals surface area contributed by atoms with Crippen LogP contribution in [-0.4, -0.2) is 48.1 Å². The van der Waals surface area contributed by atoms with E-state index >= 15 is 0 Å². The standard InChI is InChI=1S/C12H23N5/c1-9(2)17(5)7-6-14-11-10(3)8-15-12(13-4)16-11/h8-9H,6-7H2,1-5H3,(H2,13,14,15,16). The van der Waals surface area contributed by atoms with E-state index in [1.807, 2.05) is 20.2 Å². The Morgan fingerprint density at radius 1 is 1.41 bits per heavy atom. The lowest BCUT2D eigenvalue weighted by atomic mass is 10.3. The van der Waals surface area contributed by atoms with Crippen molar-refractivity contribution in [1.29, 1.82) is 0 Å². The Kier molecular flexibility index (Phi) is 5.15. The van der Waals surface area contributed by atoms with Gasteiger partial charge in [-0.05, 0) is 27.8 Å². The fourth-order valence-electron chi connectivity index (χ4n) is 1.35. The number of aryl methyl sites for hydroxylation is 1. The molecule has 0 aliphatic heterocycles. The summed E-state index contributed by atoms with van der Waals surface area (Å²) in [5.74, 6) is 1.55. The maximum Gasteiger partial charge on any atom is 0.224 e. The lowest BCUT2D eigenvalue weighted by Gasteiger charge is -2.21. The molecule has 0 aliphatic rings. The number of hydrogen-bond acceptors (Lipinski definition) is 5. The zero-order valence-corrected chi connectivity index (χ0v) is 11.4. The molecule has 0 spiro atoms. The van der Waals surface area contributed by atoms with Crippen molar-refractivity contribution in [1.82, 2.24) is 14.9 Å². The first-order chi connectivity index (χ1) is 8.04. The third-order valence-corrected chi connectivity index (χ3v) is 2.83. The number of hydrogen-bond donors (Lipinski definition) is 2. The first kappa shape index (κ1) is 13.7. The number of rotatable bonds is 6. The first-order valence-electron chi connectivity index (χ1n) is 6.00. The molecule has 1 aromatic heterocycles. The monoisotopic (exact) mass is 237 g/mol. The van der Waals surface area contributed by atoms with E-state index in [-0.39, 0.29) is 0 Å². The van der Waals surface area contributed by atoms with Gasteiger partial charge in [0.05, 0.1) is 0 Å². The van der Waals surface area contributed by atoms with Gasteiger partial charge < -0.3 is 15.5 Å². The molecule has 17 heavy (non-hydrogen) atoms. The molecule has 0 aromatic carbocycles. The van der Waals surface area contributed by atoms with Crippen molar-refractivity contribution in [2.45, 2.75) is 26.8 Å². The van der Waals surface area contributed by atoms with Crippen LogP contribution in [0, 0.1) is 6.92 Å². The van der Waals surface area contributed by atoms with Crippen molar-refractivity contribution in [2.24, 2.45) is 0 Å². The molecule has 5 nitrogen and oxygen atoms in total. The van der Waals surface area contributed by atoms with E-state index in [0.29, 0.717) is 12.0 Å². The van der Waals surface area contributed by atoms with Gasteiger partial charge in [0.2, 0.25) is 5.95 Å². The minimum absolute atomic E-state index is 0.566. The molecule has 1 rings (SSSR count). The molecule has 0 atom stereocenters. The second kappa shape index (κ2) is 6.39. The number of likely N-dealkylation sites (N-methyl/N-ethyl adjacent to an activating group) is 1. The zero-order valence-electron chi connectivity index (χ0n) is 11.4. The van der Waals surface area contributed by atoms with E-state index in [0.717, 1.165) is 24.5 Å². The van der Waals surface area contributed by atoms with Crippen LogP contribution < -0.4 is 10.6 Å². The van der Waals surface area contributed by atoms with Crippen molar-refractivity contribution in [3.05, 3.63) is 11.8 Å². The van der Waals surface area contributed by atoms with Gasteiger partial charge in [-0.3, -0.25) is 0 Å². The van der Waals surface area contributed by atoms with Gasteiger partial charge in [-0.25, -0.2) is 4.98 Å². The SMILES string of the molecule is CNc1ncc(C)c(NCCN(C)C(C)C)n1. The third-order valence-electron chi connectivity index (χ3n) is 2.83. The number of anilines is 2. The Bertz CT molecular complexity index is 351. The van der Waals surface area contributed by atoms with E-state index in [1.165, 1.54) is 0 Å². The van der Waals surface area contributed by atoms with E-state index in [4.69, 9.17) is 0 Å². The van der Waals surface area contributed by atoms with E-state index < -0.39 is 0 Å². The van der Waals surface area contributed by atoms with Gasteiger partial charge in [0, 0.05) is 37.9 Å². The molecule has 1 heterocycles. The first-order valence-corrected chi connectivity index (χ1v) is 6.00. The summed E-state index contributed by atoms with van der Waals surface area (Å²) >= 11 is 0. The second-order valence-corrected chi connectivity index (χ2v) is 4.48. The fraction of sp³-hybridized carbons (Fsp3) is 0.667. The Morgan fingerprint density at radius 2 is 2.12 bits per heavy atom. The van der Waals surface area contributed by atoms with Crippen LogP contribution in [0.2, 0.25) is 0 Å². The number of aromatic nitrogens is 2. The molecule has 0 unspecified atom stereocenters. The van der Waals surface area contributed by atoms with E-state index in [2.05, 4.69) is 46.4 Å². The predicted molar refractivity (Wildman–Crippen MR) is 72.6 cm³/mol. The summed E-state index contributed by atoms with van der Waals surface area (Å²) < 4.78 is 0. The van der Waals surface area contributed by atoms with E-state index in [9.17, 15) is 0 Å². The topological polar surface area (TPSA) is 53.1 Å². The second-order valence-electron chi connectivity index (χ2n) is 4.48. The van der Waals surface area contributed by atoms with Gasteiger partial charge in [-0.2, -0.15) is 4.98 Å². The summed E-state index contributed by atoms with van der Waals surface area (Å²) in [4.78, 5) is 10.8. The highest BCUT2D eigenvalue weighted by molar-refractivity contribution is 5.46. The molecule has 0 aliphatic carbocycles. The molecule has 1 aromatic rings. The van der Waals surface area contributed by atoms with Crippen LogP contribution in [0.25, 0.3) is 0 Å². The summed E-state index contributed by atoms with van der Waals surface area (Å²) in [5, 5.41) is 6.28. The highest BCUT2D eigenvalue weighted by Crippen LogP contribution is 2.11. The fourth-order valence-corrected chi connectivity index (χ4v) is 1.35. The molecule has 0 saturated carbocycles. The molecule has 96 valence electrons. The number of nitrogens with zero attached hydrogens (tertiary/aromatic N) is 3. The Hall–Kier alpha value is -1.36. The highest BCUT2D eigenvalue weighted by Gasteiger charge is 2.04. The van der Waals surface area contributed by atoms with Gasteiger partial charge in [0.1, 0.15) is 5.82 Å². The number of nitrogens with one attached hydrogen (secondary N) is 2. The summed E-state index contributed by atoms with van der Waals surface area (Å²) in [5.41, 5.74) is 1.07. The minimum Gasteiger partial charge on any atom is -0.368 e. The third kappa shape index (κ3) is 4.19. The van der Waals surface area contributed by atoms with Crippen LogP contribution in [0.3, 0.4) is 0 Å². The van der Waals surface area contributed by atoms with E-state index in [1.54, 1.807) is 0 Å². The Labute approximate surface area is 104 Å². The average molecular weight is 237 g/mol. The summed E-state index contributed by atoms with van der Waals surface area (Å²) in [6.45, 7) is 8.27. The van der Waals surface area contributed by atoms with Gasteiger partial charge in [-0.1, -0.05) is 0 Å². The zero-order chi connectivity index (χ0) is 12.8. The average Bonchev–Trinajstić information content (AvgIpc) is 2.31. The minimum atomic E-state index is 0.566. The summed E-state index contributed by atoms with van der Waals surface area (Å²) in [6, 6.07) is 0.566. The smallest absolute Gasteiger partial charge is 0.224 e. The van der Waals surface area contributed by atoms with Crippen molar-refractivity contribution in [3.8, 4) is 0 Å². The molecule has 5 heteroatoms. The largest absolute Gasteiger partial charge is 0.368 e. The molecular formula is C12H23N5. The van der Waals surface area contributed by atoms with Crippen LogP contribution in [-0.2, 0) is 0 Å². The van der Waals surface area contributed by atoms with Crippen molar-refractivity contribution in [3.63, 3.8) is 0 Å². The highest BCUT2D eigenvalue weighted by atomic mass is 15.2. The molecular weight excluding hydrogens is 214 g/mol. The van der Waals surface area contributed by atoms with Crippen molar-refractivity contribution < 1.29 is 0 Å². The van der Waals surface area contributed by atoms with Crippen LogP contribution in [0.4, 0.5) is 11.8 Å². The Balaban J connectivity index is 2.51. The van der Waals surface area contributed by atoms with Crippen LogP contribution >= 0.6 is 0 Å². The lowest BCUT2D eigenvalue weighted by Crippen LogP contribution is -2.31. The summed E-state index contributed by atoms with van der Waals surface area (Å²) in [7, 11) is 3.94. The molecule has 0 amide bonds. The normalized spacial score (nSPS) is 11.0. The Morgan fingerprint density at radius 3 is 2.71 bits per heavy atom. The molecule has 0 radical (unpaired) electrons. The summed E-state index contributed by atoms with van der Waals surface area (Å²) in [6.07, 6.45) is 1.83. The molecule has 0 bridgehead atoms. The van der Waals surface area contributed by atoms with Gasteiger partial charge >= 0.3 is 0 Å². The quantitative estimate of drug-likeness (QED) is 0.786. The van der Waals surface area contributed by atoms with Crippen molar-refractivity contribution >= 4 is 11.8 Å². The molecule has 0 saturated heterocycles. The van der Waals surface area contributed by atoms with Crippen molar-refractivity contribution in [2.75, 3.05) is 37.8 Å². The molecule has 0 fully saturated rings. The van der Waals surface area contributed by atoms with Gasteiger partial charge in [-0.15, -0.1) is 0 Å². The molecule has 2 N–H and O–H groups in total. The maximum absolute atomic E-state index is 4.38. The maximum atomic E-state index is 4.38.